The fourth-order valence-electron chi connectivity index (χ4n) is 2.24. The van der Waals surface area contributed by atoms with Crippen molar-refractivity contribution in [1.82, 2.24) is 14.7 Å². The number of para-hydroxylation sites is 1. The minimum atomic E-state index is -0.125. The summed E-state index contributed by atoms with van der Waals surface area (Å²) in [7, 11) is 0. The minimum absolute atomic E-state index is 0.125. The van der Waals surface area contributed by atoms with Gasteiger partial charge in [0.05, 0.1) is 18.9 Å². The Labute approximate surface area is 123 Å². The first-order chi connectivity index (χ1) is 10.2. The molecule has 1 aliphatic heterocycles. The number of anilines is 1. The standard InChI is InChI=1S/C15H18N4O2/c1-12-11-19(13-5-3-2-4-6-13)17-14(12)16-15(20)18-7-9-21-10-8-18/h2-6,11H,7-10H2,1H3,(H,16,17,20). The van der Waals surface area contributed by atoms with E-state index in [1.165, 1.54) is 0 Å². The Morgan fingerprint density at radius 3 is 2.67 bits per heavy atom. The van der Waals surface area contributed by atoms with Gasteiger partial charge in [0.25, 0.3) is 0 Å². The summed E-state index contributed by atoms with van der Waals surface area (Å²) in [5.41, 5.74) is 1.90. The molecule has 3 rings (SSSR count). The SMILES string of the molecule is Cc1cn(-c2ccccc2)nc1NC(=O)N1CCOCC1. The fourth-order valence-corrected chi connectivity index (χ4v) is 2.24. The molecule has 1 aromatic carbocycles. The van der Waals surface area contributed by atoms with E-state index >= 15 is 0 Å². The number of rotatable bonds is 2. The molecule has 0 atom stereocenters. The zero-order valence-electron chi connectivity index (χ0n) is 12.0. The van der Waals surface area contributed by atoms with Crippen LogP contribution >= 0.6 is 0 Å². The van der Waals surface area contributed by atoms with Gasteiger partial charge in [-0.1, -0.05) is 18.2 Å². The van der Waals surface area contributed by atoms with E-state index in [-0.39, 0.29) is 6.03 Å². The van der Waals surface area contributed by atoms with Crippen LogP contribution in [0.3, 0.4) is 0 Å². The van der Waals surface area contributed by atoms with Crippen LogP contribution in [0.15, 0.2) is 36.5 Å². The molecule has 1 aromatic heterocycles. The van der Waals surface area contributed by atoms with Gasteiger partial charge in [-0.15, -0.1) is 5.10 Å². The van der Waals surface area contributed by atoms with Gasteiger partial charge in [-0.2, -0.15) is 0 Å². The molecule has 0 aliphatic carbocycles. The van der Waals surface area contributed by atoms with Gasteiger partial charge in [0.2, 0.25) is 0 Å². The van der Waals surface area contributed by atoms with Crippen LogP contribution in [-0.4, -0.2) is 47.0 Å². The Bertz CT molecular complexity index is 618. The first kappa shape index (κ1) is 13.6. The maximum absolute atomic E-state index is 12.2. The Balaban J connectivity index is 1.74. The number of urea groups is 1. The monoisotopic (exact) mass is 286 g/mol. The van der Waals surface area contributed by atoms with Gasteiger partial charge in [-0.05, 0) is 19.1 Å². The first-order valence-electron chi connectivity index (χ1n) is 6.99. The molecule has 0 radical (unpaired) electrons. The summed E-state index contributed by atoms with van der Waals surface area (Å²) >= 11 is 0. The third kappa shape index (κ3) is 3.05. The lowest BCUT2D eigenvalue weighted by atomic mass is 10.3. The number of morpholine rings is 1. The molecule has 2 heterocycles. The Morgan fingerprint density at radius 1 is 1.24 bits per heavy atom. The number of aryl methyl sites for hydroxylation is 1. The van der Waals surface area contributed by atoms with E-state index in [4.69, 9.17) is 4.74 Å². The summed E-state index contributed by atoms with van der Waals surface area (Å²) in [6, 6.07) is 9.69. The maximum Gasteiger partial charge on any atom is 0.323 e. The molecule has 2 amide bonds. The molecular formula is C15H18N4O2. The average Bonchev–Trinajstić information content (AvgIpc) is 2.90. The molecule has 6 heteroatoms. The summed E-state index contributed by atoms with van der Waals surface area (Å²) in [5, 5.41) is 7.31. The quantitative estimate of drug-likeness (QED) is 0.919. The van der Waals surface area contributed by atoms with Gasteiger partial charge in [0.1, 0.15) is 0 Å². The third-order valence-corrected chi connectivity index (χ3v) is 3.44. The second-order valence-electron chi connectivity index (χ2n) is 4.97. The molecule has 110 valence electrons. The summed E-state index contributed by atoms with van der Waals surface area (Å²) in [5.74, 6) is 0.593. The van der Waals surface area contributed by atoms with E-state index in [1.54, 1.807) is 9.58 Å². The largest absolute Gasteiger partial charge is 0.378 e. The number of carbonyl (C=O) groups is 1. The van der Waals surface area contributed by atoms with Crippen LogP contribution in [0.4, 0.5) is 10.6 Å². The van der Waals surface area contributed by atoms with Crippen molar-refractivity contribution in [1.29, 1.82) is 0 Å². The molecule has 21 heavy (non-hydrogen) atoms. The highest BCUT2D eigenvalue weighted by atomic mass is 16.5. The normalized spacial score (nSPS) is 15.0. The topological polar surface area (TPSA) is 59.4 Å². The van der Waals surface area contributed by atoms with E-state index < -0.39 is 0 Å². The highest BCUT2D eigenvalue weighted by molar-refractivity contribution is 5.89. The Kier molecular flexibility index (Phi) is 3.87. The van der Waals surface area contributed by atoms with Gasteiger partial charge < -0.3 is 9.64 Å². The lowest BCUT2D eigenvalue weighted by Gasteiger charge is -2.26. The molecule has 0 saturated carbocycles. The van der Waals surface area contributed by atoms with Crippen molar-refractivity contribution in [3.63, 3.8) is 0 Å². The molecule has 0 spiro atoms. The van der Waals surface area contributed by atoms with E-state index in [0.717, 1.165) is 11.3 Å². The predicted molar refractivity (Wildman–Crippen MR) is 79.7 cm³/mol. The Morgan fingerprint density at radius 2 is 1.95 bits per heavy atom. The van der Waals surface area contributed by atoms with Crippen molar-refractivity contribution >= 4 is 11.8 Å². The van der Waals surface area contributed by atoms with E-state index in [9.17, 15) is 4.79 Å². The number of benzene rings is 1. The minimum Gasteiger partial charge on any atom is -0.378 e. The van der Waals surface area contributed by atoms with Gasteiger partial charge in [0, 0.05) is 24.8 Å². The molecular weight excluding hydrogens is 268 g/mol. The first-order valence-corrected chi connectivity index (χ1v) is 6.99. The highest BCUT2D eigenvalue weighted by Crippen LogP contribution is 2.16. The molecule has 2 aromatic rings. The number of ether oxygens (including phenoxy) is 1. The summed E-state index contributed by atoms with van der Waals surface area (Å²) in [6.45, 7) is 4.34. The zero-order valence-corrected chi connectivity index (χ0v) is 12.0. The molecule has 0 unspecified atom stereocenters. The zero-order chi connectivity index (χ0) is 14.7. The van der Waals surface area contributed by atoms with Crippen molar-refractivity contribution < 1.29 is 9.53 Å². The van der Waals surface area contributed by atoms with Crippen LogP contribution in [0.2, 0.25) is 0 Å². The molecule has 0 bridgehead atoms. The van der Waals surface area contributed by atoms with Gasteiger partial charge >= 0.3 is 6.03 Å². The van der Waals surface area contributed by atoms with E-state index in [1.807, 2.05) is 43.5 Å². The lowest BCUT2D eigenvalue weighted by molar-refractivity contribution is 0.0564. The van der Waals surface area contributed by atoms with Crippen molar-refractivity contribution in [2.45, 2.75) is 6.92 Å². The number of amides is 2. The molecule has 1 N–H and O–H groups in total. The smallest absolute Gasteiger partial charge is 0.323 e. The fraction of sp³-hybridized carbons (Fsp3) is 0.333. The maximum atomic E-state index is 12.2. The van der Waals surface area contributed by atoms with Crippen molar-refractivity contribution in [3.8, 4) is 5.69 Å². The van der Waals surface area contributed by atoms with Crippen molar-refractivity contribution in [2.75, 3.05) is 31.6 Å². The molecule has 1 fully saturated rings. The van der Waals surface area contributed by atoms with Gasteiger partial charge in [-0.3, -0.25) is 5.32 Å². The van der Waals surface area contributed by atoms with Crippen LogP contribution in [0.1, 0.15) is 5.56 Å². The summed E-state index contributed by atoms with van der Waals surface area (Å²) in [4.78, 5) is 13.9. The van der Waals surface area contributed by atoms with Crippen LogP contribution < -0.4 is 5.32 Å². The number of carbonyl (C=O) groups excluding carboxylic acids is 1. The number of aromatic nitrogens is 2. The molecule has 6 nitrogen and oxygen atoms in total. The number of hydrogen-bond donors (Lipinski definition) is 1. The predicted octanol–water partition coefficient (Wildman–Crippen LogP) is 2.04. The average molecular weight is 286 g/mol. The second kappa shape index (κ2) is 5.97. The van der Waals surface area contributed by atoms with E-state index in [0.29, 0.717) is 32.1 Å². The number of hydrogen-bond acceptors (Lipinski definition) is 3. The third-order valence-electron chi connectivity index (χ3n) is 3.44. The number of nitrogens with one attached hydrogen (secondary N) is 1. The van der Waals surface area contributed by atoms with E-state index in [2.05, 4.69) is 10.4 Å². The summed E-state index contributed by atoms with van der Waals surface area (Å²) < 4.78 is 7.01. The second-order valence-corrected chi connectivity index (χ2v) is 4.97. The molecule has 1 saturated heterocycles. The van der Waals surface area contributed by atoms with Crippen LogP contribution in [0.25, 0.3) is 5.69 Å². The summed E-state index contributed by atoms with van der Waals surface area (Å²) in [6.07, 6.45) is 1.91. The lowest BCUT2D eigenvalue weighted by Crippen LogP contribution is -2.43. The van der Waals surface area contributed by atoms with Crippen LogP contribution in [0.5, 0.6) is 0 Å². The Hall–Kier alpha value is -2.34. The van der Waals surface area contributed by atoms with Crippen molar-refractivity contribution in [2.24, 2.45) is 0 Å². The number of nitrogens with zero attached hydrogens (tertiary/aromatic N) is 3. The van der Waals surface area contributed by atoms with Gasteiger partial charge in [-0.25, -0.2) is 9.48 Å². The molecule has 1 aliphatic rings. The van der Waals surface area contributed by atoms with Gasteiger partial charge in [0.15, 0.2) is 5.82 Å². The van der Waals surface area contributed by atoms with Crippen LogP contribution in [-0.2, 0) is 4.74 Å². The van der Waals surface area contributed by atoms with Crippen LogP contribution in [0, 0.1) is 6.92 Å². The highest BCUT2D eigenvalue weighted by Gasteiger charge is 2.18. The van der Waals surface area contributed by atoms with Crippen molar-refractivity contribution in [3.05, 3.63) is 42.1 Å².